The van der Waals surface area contributed by atoms with Crippen LogP contribution in [-0.2, 0) is 26.5 Å². The summed E-state index contributed by atoms with van der Waals surface area (Å²) in [5.41, 5.74) is 7.95. The topological polar surface area (TPSA) is 35.6 Å². The van der Waals surface area contributed by atoms with Crippen molar-refractivity contribution in [3.05, 3.63) is 145 Å². The Morgan fingerprint density at radius 2 is 0.947 bits per heavy atom. The van der Waals surface area contributed by atoms with E-state index >= 15 is 0 Å². The molecule has 2 aromatic heterocycles. The van der Waals surface area contributed by atoms with E-state index in [1.807, 2.05) is 70.3 Å². The standard InChI is InChI=1S/C33H26N4.Pt/c1-33(2,31-21-23-36(34-31)29-17-13-27(14-18-29)25-9-5-3-6-10-25)32-22-24-37(35-32)30-19-15-28(16-20-30)26-11-7-4-8-12-26;/h3-17,19,21-24H,1-2H3;/q-2;+2. The fourth-order valence-electron chi connectivity index (χ4n) is 4.45. The summed E-state index contributed by atoms with van der Waals surface area (Å²) in [6.45, 7) is 4.30. The fraction of sp³-hybridized carbons (Fsp3) is 0.0909. The molecule has 0 N–H and O–H groups in total. The second-order valence-corrected chi connectivity index (χ2v) is 9.57. The number of rotatable bonds is 6. The molecule has 0 aliphatic carbocycles. The molecule has 0 aliphatic rings. The molecule has 188 valence electrons. The summed E-state index contributed by atoms with van der Waals surface area (Å²) in [6, 6.07) is 43.8. The van der Waals surface area contributed by atoms with Gasteiger partial charge in [0.2, 0.25) is 0 Å². The summed E-state index contributed by atoms with van der Waals surface area (Å²) in [5.74, 6) is 0. The minimum absolute atomic E-state index is 0. The molecule has 0 bridgehead atoms. The van der Waals surface area contributed by atoms with E-state index in [0.717, 1.165) is 33.9 Å². The quantitative estimate of drug-likeness (QED) is 0.174. The van der Waals surface area contributed by atoms with Gasteiger partial charge >= 0.3 is 21.1 Å². The molecule has 4 aromatic carbocycles. The molecular formula is C33H26N4Pt. The van der Waals surface area contributed by atoms with Gasteiger partial charge in [0.25, 0.3) is 0 Å². The van der Waals surface area contributed by atoms with Gasteiger partial charge in [-0.1, -0.05) is 71.8 Å². The Kier molecular flexibility index (Phi) is 7.26. The Morgan fingerprint density at radius 1 is 0.526 bits per heavy atom. The molecule has 4 nitrogen and oxygen atoms in total. The van der Waals surface area contributed by atoms with Crippen LogP contribution in [0.3, 0.4) is 0 Å². The summed E-state index contributed by atoms with van der Waals surface area (Å²) in [4.78, 5) is 0. The van der Waals surface area contributed by atoms with Crippen LogP contribution < -0.4 is 0 Å². The van der Waals surface area contributed by atoms with Crippen molar-refractivity contribution >= 4 is 0 Å². The first kappa shape index (κ1) is 25.6. The Balaban J connectivity index is 0.00000294. The molecule has 0 spiro atoms. The van der Waals surface area contributed by atoms with Crippen molar-refractivity contribution in [2.45, 2.75) is 19.3 Å². The second kappa shape index (κ2) is 10.8. The first-order chi connectivity index (χ1) is 18.1. The van der Waals surface area contributed by atoms with Gasteiger partial charge in [0.15, 0.2) is 0 Å². The predicted octanol–water partition coefficient (Wildman–Crippen LogP) is 7.32. The SMILES string of the molecule is CC(C)(c1ccn(-c2[c-]cc(-c3ccccc3)cc2)n1)c1ccn(-c2[c-]cc(-c3ccccc3)cc2)n1.[Pt+2]. The van der Waals surface area contributed by atoms with Crippen LogP contribution in [-0.4, -0.2) is 19.6 Å². The van der Waals surface area contributed by atoms with Gasteiger partial charge in [0, 0.05) is 12.4 Å². The first-order valence-electron chi connectivity index (χ1n) is 12.4. The Bertz CT molecular complexity index is 1490. The van der Waals surface area contributed by atoms with E-state index in [-0.39, 0.29) is 26.5 Å². The van der Waals surface area contributed by atoms with E-state index in [0.29, 0.717) is 0 Å². The molecule has 38 heavy (non-hydrogen) atoms. The van der Waals surface area contributed by atoms with E-state index in [1.54, 1.807) is 0 Å². The molecule has 0 saturated carbocycles. The largest absolute Gasteiger partial charge is 2.00 e. The van der Waals surface area contributed by atoms with E-state index in [1.165, 1.54) is 11.1 Å². The molecule has 0 fully saturated rings. The zero-order valence-electron chi connectivity index (χ0n) is 21.2. The van der Waals surface area contributed by atoms with Crippen molar-refractivity contribution in [1.82, 2.24) is 19.6 Å². The maximum Gasteiger partial charge on any atom is 2.00 e. The van der Waals surface area contributed by atoms with E-state index in [4.69, 9.17) is 10.2 Å². The maximum atomic E-state index is 4.89. The minimum Gasteiger partial charge on any atom is -0.265 e. The van der Waals surface area contributed by atoms with Crippen molar-refractivity contribution in [3.63, 3.8) is 0 Å². The van der Waals surface area contributed by atoms with E-state index in [2.05, 4.69) is 86.6 Å². The van der Waals surface area contributed by atoms with Crippen LogP contribution in [0.2, 0.25) is 0 Å². The van der Waals surface area contributed by atoms with Crippen molar-refractivity contribution in [2.24, 2.45) is 0 Å². The van der Waals surface area contributed by atoms with Gasteiger partial charge in [0.05, 0.1) is 16.8 Å². The van der Waals surface area contributed by atoms with Gasteiger partial charge in [-0.05, 0) is 37.4 Å². The van der Waals surface area contributed by atoms with Crippen LogP contribution in [0.15, 0.2) is 122 Å². The summed E-state index contributed by atoms with van der Waals surface area (Å²) in [6.07, 6.45) is 3.97. The maximum absolute atomic E-state index is 4.89. The number of hydrogen-bond donors (Lipinski definition) is 0. The number of hydrogen-bond acceptors (Lipinski definition) is 2. The average Bonchev–Trinajstić information content (AvgIpc) is 3.66. The molecule has 6 aromatic rings. The van der Waals surface area contributed by atoms with Crippen molar-refractivity contribution in [2.75, 3.05) is 0 Å². The Hall–Kier alpha value is -4.01. The molecule has 0 aliphatic heterocycles. The van der Waals surface area contributed by atoms with Gasteiger partial charge in [-0.25, -0.2) is 0 Å². The minimum atomic E-state index is -0.371. The first-order valence-corrected chi connectivity index (χ1v) is 12.4. The zero-order valence-corrected chi connectivity index (χ0v) is 23.4. The van der Waals surface area contributed by atoms with Gasteiger partial charge in [-0.15, -0.1) is 23.3 Å². The van der Waals surface area contributed by atoms with Gasteiger partial charge in [-0.3, -0.25) is 9.36 Å². The Labute approximate surface area is 237 Å². The molecule has 0 atom stereocenters. The summed E-state index contributed by atoms with van der Waals surface area (Å²) < 4.78 is 3.75. The third kappa shape index (κ3) is 5.05. The molecule has 0 saturated heterocycles. The van der Waals surface area contributed by atoms with Gasteiger partial charge < -0.3 is 0 Å². The number of benzene rings is 4. The summed E-state index contributed by atoms with van der Waals surface area (Å²) in [7, 11) is 0. The second-order valence-electron chi connectivity index (χ2n) is 9.57. The third-order valence-electron chi connectivity index (χ3n) is 6.76. The van der Waals surface area contributed by atoms with Crippen LogP contribution in [0.5, 0.6) is 0 Å². The van der Waals surface area contributed by atoms with E-state index < -0.39 is 0 Å². The fourth-order valence-corrected chi connectivity index (χ4v) is 4.45. The molecule has 0 unspecified atom stereocenters. The van der Waals surface area contributed by atoms with E-state index in [9.17, 15) is 0 Å². The molecule has 0 radical (unpaired) electrons. The Morgan fingerprint density at radius 3 is 1.32 bits per heavy atom. The third-order valence-corrected chi connectivity index (χ3v) is 6.76. The normalized spacial score (nSPS) is 11.2. The van der Waals surface area contributed by atoms with Crippen LogP contribution in [0.1, 0.15) is 25.2 Å². The van der Waals surface area contributed by atoms with Gasteiger partial charge in [-0.2, -0.15) is 46.6 Å². The monoisotopic (exact) mass is 673 g/mol. The number of aromatic nitrogens is 4. The van der Waals surface area contributed by atoms with Crippen molar-refractivity contribution < 1.29 is 21.1 Å². The van der Waals surface area contributed by atoms with Crippen LogP contribution in [0, 0.1) is 12.1 Å². The smallest absolute Gasteiger partial charge is 0.265 e. The summed E-state index contributed by atoms with van der Waals surface area (Å²) >= 11 is 0. The van der Waals surface area contributed by atoms with Gasteiger partial charge in [0.1, 0.15) is 0 Å². The average molecular weight is 674 g/mol. The summed E-state index contributed by atoms with van der Waals surface area (Å²) in [5, 5.41) is 9.77. The molecule has 6 rings (SSSR count). The molecule has 0 amide bonds. The molecule has 5 heteroatoms. The van der Waals surface area contributed by atoms with Crippen LogP contribution >= 0.6 is 0 Å². The van der Waals surface area contributed by atoms with Crippen molar-refractivity contribution in [1.29, 1.82) is 0 Å². The molecular weight excluding hydrogens is 647 g/mol. The van der Waals surface area contributed by atoms with Crippen LogP contribution in [0.25, 0.3) is 33.6 Å². The number of nitrogens with zero attached hydrogens (tertiary/aromatic N) is 4. The zero-order chi connectivity index (χ0) is 25.2. The molecule has 2 heterocycles. The van der Waals surface area contributed by atoms with Crippen molar-refractivity contribution in [3.8, 4) is 33.6 Å². The predicted molar refractivity (Wildman–Crippen MR) is 148 cm³/mol. The van der Waals surface area contributed by atoms with Crippen LogP contribution in [0.4, 0.5) is 0 Å².